The summed E-state index contributed by atoms with van der Waals surface area (Å²) in [5, 5.41) is 4.64. The van der Waals surface area contributed by atoms with Crippen LogP contribution in [-0.2, 0) is 0 Å². The molecule has 0 saturated heterocycles. The molecule has 0 aliphatic heterocycles. The van der Waals surface area contributed by atoms with E-state index in [0.717, 1.165) is 24.2 Å². The highest BCUT2D eigenvalue weighted by molar-refractivity contribution is 6.33. The summed E-state index contributed by atoms with van der Waals surface area (Å²) in [6.45, 7) is 0. The Kier molecular flexibility index (Phi) is 3.42. The van der Waals surface area contributed by atoms with E-state index in [1.165, 1.54) is 19.3 Å². The van der Waals surface area contributed by atoms with Crippen LogP contribution in [0.25, 0.3) is 11.5 Å². The third kappa shape index (κ3) is 2.59. The number of nitrogens with two attached hydrogens (primary N) is 1. The Hall–Kier alpha value is -1.55. The molecule has 1 aromatic heterocycles. The van der Waals surface area contributed by atoms with Crippen LogP contribution in [-0.4, -0.2) is 10.1 Å². The van der Waals surface area contributed by atoms with Crippen molar-refractivity contribution in [2.75, 3.05) is 5.73 Å². The van der Waals surface area contributed by atoms with Crippen LogP contribution < -0.4 is 5.73 Å². The molecule has 0 unspecified atom stereocenters. The molecular weight excluding hydrogens is 262 g/mol. The largest absolute Gasteiger partial charge is 0.399 e. The molecule has 100 valence electrons. The van der Waals surface area contributed by atoms with Gasteiger partial charge in [-0.15, -0.1) is 0 Å². The molecule has 1 saturated carbocycles. The lowest BCUT2D eigenvalue weighted by Crippen LogP contribution is -2.06. The van der Waals surface area contributed by atoms with Crippen molar-refractivity contribution in [3.05, 3.63) is 29.0 Å². The van der Waals surface area contributed by atoms with Crippen molar-refractivity contribution in [2.45, 2.75) is 38.0 Å². The smallest absolute Gasteiger partial charge is 0.259 e. The maximum absolute atomic E-state index is 6.15. The molecule has 0 amide bonds. The fourth-order valence-electron chi connectivity index (χ4n) is 2.58. The van der Waals surface area contributed by atoms with Gasteiger partial charge in [-0.25, -0.2) is 0 Å². The van der Waals surface area contributed by atoms with Gasteiger partial charge in [-0.2, -0.15) is 4.98 Å². The summed E-state index contributed by atoms with van der Waals surface area (Å²) in [7, 11) is 0. The standard InChI is InChI=1S/C14H16ClN3O/c15-12-8-10(16)6-7-11(12)14-17-13(18-19-14)9-4-2-1-3-5-9/h6-9H,1-5,16H2. The van der Waals surface area contributed by atoms with E-state index in [4.69, 9.17) is 21.9 Å². The average Bonchev–Trinajstić information content (AvgIpc) is 2.89. The third-order valence-corrected chi connectivity index (χ3v) is 3.95. The number of nitrogens with zero attached hydrogens (tertiary/aromatic N) is 2. The van der Waals surface area contributed by atoms with Gasteiger partial charge in [0.1, 0.15) is 0 Å². The van der Waals surface area contributed by atoms with Crippen LogP contribution >= 0.6 is 11.6 Å². The van der Waals surface area contributed by atoms with Crippen molar-refractivity contribution in [1.82, 2.24) is 10.1 Å². The lowest BCUT2D eigenvalue weighted by atomic mass is 9.89. The van der Waals surface area contributed by atoms with Crippen molar-refractivity contribution in [1.29, 1.82) is 0 Å². The van der Waals surface area contributed by atoms with Gasteiger partial charge in [0.2, 0.25) is 0 Å². The Morgan fingerprint density at radius 2 is 2.00 bits per heavy atom. The molecular formula is C14H16ClN3O. The molecule has 2 aromatic rings. The average molecular weight is 278 g/mol. The highest BCUT2D eigenvalue weighted by Crippen LogP contribution is 2.33. The maximum atomic E-state index is 6.15. The molecule has 0 radical (unpaired) electrons. The van der Waals surface area contributed by atoms with Crippen LogP contribution in [0.3, 0.4) is 0 Å². The van der Waals surface area contributed by atoms with E-state index in [2.05, 4.69) is 10.1 Å². The first-order valence-electron chi connectivity index (χ1n) is 6.63. The Morgan fingerprint density at radius 3 is 2.74 bits per heavy atom. The van der Waals surface area contributed by atoms with Gasteiger partial charge >= 0.3 is 0 Å². The van der Waals surface area contributed by atoms with Crippen LogP contribution in [0.5, 0.6) is 0 Å². The number of rotatable bonds is 2. The van der Waals surface area contributed by atoms with E-state index < -0.39 is 0 Å². The summed E-state index contributed by atoms with van der Waals surface area (Å²) in [5.41, 5.74) is 7.04. The second-order valence-electron chi connectivity index (χ2n) is 5.03. The minimum Gasteiger partial charge on any atom is -0.399 e. The monoisotopic (exact) mass is 277 g/mol. The van der Waals surface area contributed by atoms with E-state index in [0.29, 0.717) is 22.5 Å². The predicted octanol–water partition coefficient (Wildman–Crippen LogP) is 4.02. The Morgan fingerprint density at radius 1 is 1.21 bits per heavy atom. The van der Waals surface area contributed by atoms with Crippen LogP contribution in [0.2, 0.25) is 5.02 Å². The first-order valence-corrected chi connectivity index (χ1v) is 7.01. The molecule has 1 heterocycles. The van der Waals surface area contributed by atoms with Gasteiger partial charge in [-0.1, -0.05) is 36.0 Å². The number of hydrogen-bond acceptors (Lipinski definition) is 4. The van der Waals surface area contributed by atoms with E-state index in [1.54, 1.807) is 12.1 Å². The van der Waals surface area contributed by atoms with Gasteiger partial charge in [0.15, 0.2) is 5.82 Å². The highest BCUT2D eigenvalue weighted by Gasteiger charge is 2.21. The topological polar surface area (TPSA) is 64.9 Å². The summed E-state index contributed by atoms with van der Waals surface area (Å²) in [5.74, 6) is 1.71. The van der Waals surface area contributed by atoms with Gasteiger partial charge in [0.05, 0.1) is 10.6 Å². The number of aromatic nitrogens is 2. The van der Waals surface area contributed by atoms with Crippen molar-refractivity contribution in [3.63, 3.8) is 0 Å². The third-order valence-electron chi connectivity index (χ3n) is 3.64. The normalized spacial score (nSPS) is 16.7. The van der Waals surface area contributed by atoms with Crippen LogP contribution in [0, 0.1) is 0 Å². The lowest BCUT2D eigenvalue weighted by Gasteiger charge is -2.17. The number of anilines is 1. The van der Waals surface area contributed by atoms with Crippen molar-refractivity contribution in [3.8, 4) is 11.5 Å². The van der Waals surface area contributed by atoms with E-state index >= 15 is 0 Å². The highest BCUT2D eigenvalue weighted by atomic mass is 35.5. The van der Waals surface area contributed by atoms with Crippen molar-refractivity contribution >= 4 is 17.3 Å². The summed E-state index contributed by atoms with van der Waals surface area (Å²) in [6, 6.07) is 5.29. The molecule has 1 fully saturated rings. The van der Waals surface area contributed by atoms with Gasteiger partial charge in [0.25, 0.3) is 5.89 Å². The Labute approximate surface area is 117 Å². The molecule has 0 atom stereocenters. The molecule has 0 bridgehead atoms. The van der Waals surface area contributed by atoms with Crippen LogP contribution in [0.15, 0.2) is 22.7 Å². The number of hydrogen-bond donors (Lipinski definition) is 1. The molecule has 19 heavy (non-hydrogen) atoms. The fourth-order valence-corrected chi connectivity index (χ4v) is 2.85. The molecule has 5 heteroatoms. The molecule has 1 aliphatic rings. The van der Waals surface area contributed by atoms with Crippen molar-refractivity contribution in [2.24, 2.45) is 0 Å². The SMILES string of the molecule is Nc1ccc(-c2nc(C3CCCCC3)no2)c(Cl)c1. The van der Waals surface area contributed by atoms with Gasteiger partial charge < -0.3 is 10.3 Å². The number of nitrogen functional groups attached to an aromatic ring is 1. The fraction of sp³-hybridized carbons (Fsp3) is 0.429. The van der Waals surface area contributed by atoms with Gasteiger partial charge in [-0.05, 0) is 31.0 Å². The first kappa shape index (κ1) is 12.5. The van der Waals surface area contributed by atoms with Gasteiger partial charge in [0, 0.05) is 11.6 Å². The summed E-state index contributed by atoms with van der Waals surface area (Å²) >= 11 is 6.15. The summed E-state index contributed by atoms with van der Waals surface area (Å²) in [6.07, 6.45) is 6.10. The zero-order chi connectivity index (χ0) is 13.2. The van der Waals surface area contributed by atoms with Crippen LogP contribution in [0.4, 0.5) is 5.69 Å². The molecule has 2 N–H and O–H groups in total. The van der Waals surface area contributed by atoms with Crippen LogP contribution in [0.1, 0.15) is 43.8 Å². The zero-order valence-corrected chi connectivity index (χ0v) is 11.4. The van der Waals surface area contributed by atoms with E-state index in [9.17, 15) is 0 Å². The molecule has 1 aliphatic carbocycles. The Balaban J connectivity index is 1.87. The lowest BCUT2D eigenvalue weighted by molar-refractivity contribution is 0.385. The predicted molar refractivity (Wildman–Crippen MR) is 75.0 cm³/mol. The number of halogens is 1. The summed E-state index contributed by atoms with van der Waals surface area (Å²) < 4.78 is 5.34. The maximum Gasteiger partial charge on any atom is 0.259 e. The van der Waals surface area contributed by atoms with Gasteiger partial charge in [-0.3, -0.25) is 0 Å². The Bertz CT molecular complexity index is 576. The zero-order valence-electron chi connectivity index (χ0n) is 10.6. The number of benzene rings is 1. The van der Waals surface area contributed by atoms with Crippen molar-refractivity contribution < 1.29 is 4.52 Å². The molecule has 3 rings (SSSR count). The first-order chi connectivity index (χ1) is 9.24. The second-order valence-corrected chi connectivity index (χ2v) is 5.44. The minimum absolute atomic E-state index is 0.429. The van der Waals surface area contributed by atoms with E-state index in [1.807, 2.05) is 6.07 Å². The minimum atomic E-state index is 0.429. The molecule has 1 aromatic carbocycles. The molecule has 0 spiro atoms. The summed E-state index contributed by atoms with van der Waals surface area (Å²) in [4.78, 5) is 4.49. The quantitative estimate of drug-likeness (QED) is 0.842. The molecule has 4 nitrogen and oxygen atoms in total. The second kappa shape index (κ2) is 5.21. The van der Waals surface area contributed by atoms with E-state index in [-0.39, 0.29) is 0 Å².